The number of aromatic nitrogens is 2. The van der Waals surface area contributed by atoms with E-state index in [4.69, 9.17) is 4.74 Å². The molecule has 0 fully saturated rings. The molecule has 2 aromatic heterocycles. The lowest BCUT2D eigenvalue weighted by Gasteiger charge is -2.27. The summed E-state index contributed by atoms with van der Waals surface area (Å²) in [5, 5.41) is 1.32. The van der Waals surface area contributed by atoms with Gasteiger partial charge in [-0.25, -0.2) is 0 Å². The van der Waals surface area contributed by atoms with Crippen molar-refractivity contribution < 1.29 is 4.74 Å². The molecule has 3 aromatic rings. The maximum absolute atomic E-state index is 5.44. The van der Waals surface area contributed by atoms with Crippen LogP contribution in [0.4, 0.5) is 0 Å². The van der Waals surface area contributed by atoms with Crippen LogP contribution in [0.25, 0.3) is 10.9 Å². The molecule has 0 bridgehead atoms. The zero-order valence-corrected chi connectivity index (χ0v) is 14.6. The zero-order valence-electron chi connectivity index (χ0n) is 14.6. The normalized spacial score (nSPS) is 12.8. The van der Waals surface area contributed by atoms with Gasteiger partial charge in [0.05, 0.1) is 18.3 Å². The van der Waals surface area contributed by atoms with Crippen molar-refractivity contribution in [2.45, 2.75) is 26.1 Å². The van der Waals surface area contributed by atoms with Crippen LogP contribution < -0.4 is 0 Å². The quantitative estimate of drug-likeness (QED) is 0.661. The first-order chi connectivity index (χ1) is 11.7. The predicted octanol–water partition coefficient (Wildman–Crippen LogP) is 3.88. The van der Waals surface area contributed by atoms with Crippen LogP contribution in [0.3, 0.4) is 0 Å². The summed E-state index contributed by atoms with van der Waals surface area (Å²) in [4.78, 5) is 6.82. The van der Waals surface area contributed by atoms with Crippen molar-refractivity contribution >= 4 is 10.9 Å². The molecule has 4 heteroatoms. The minimum Gasteiger partial charge on any atom is -0.383 e. The second-order valence-electron chi connectivity index (χ2n) is 6.09. The average molecular weight is 323 g/mol. The fourth-order valence-corrected chi connectivity index (χ4v) is 3.25. The number of hydrogen-bond acceptors (Lipinski definition) is 3. The molecule has 0 amide bonds. The van der Waals surface area contributed by atoms with Gasteiger partial charge in [0.1, 0.15) is 0 Å². The van der Waals surface area contributed by atoms with Gasteiger partial charge >= 0.3 is 0 Å². The molecule has 0 saturated carbocycles. The van der Waals surface area contributed by atoms with Crippen LogP contribution in [0.15, 0.2) is 54.9 Å². The number of pyridine rings is 1. The van der Waals surface area contributed by atoms with Crippen LogP contribution in [-0.4, -0.2) is 35.2 Å². The van der Waals surface area contributed by atoms with Crippen LogP contribution in [-0.2, 0) is 17.8 Å². The molecule has 1 aromatic carbocycles. The van der Waals surface area contributed by atoms with Gasteiger partial charge in [0.25, 0.3) is 0 Å². The molecule has 1 unspecified atom stereocenters. The van der Waals surface area contributed by atoms with E-state index in [-0.39, 0.29) is 6.04 Å². The fourth-order valence-electron chi connectivity index (χ4n) is 3.25. The van der Waals surface area contributed by atoms with Crippen LogP contribution in [0, 0.1) is 0 Å². The third-order valence-electron chi connectivity index (χ3n) is 4.55. The number of rotatable bonds is 7. The van der Waals surface area contributed by atoms with Crippen molar-refractivity contribution in [2.24, 2.45) is 0 Å². The van der Waals surface area contributed by atoms with Crippen molar-refractivity contribution in [2.75, 3.05) is 20.8 Å². The van der Waals surface area contributed by atoms with E-state index >= 15 is 0 Å². The van der Waals surface area contributed by atoms with Gasteiger partial charge in [-0.3, -0.25) is 9.88 Å². The minimum absolute atomic E-state index is 0.139. The Hall–Kier alpha value is -2.17. The smallest absolute Gasteiger partial charge is 0.0757 e. The van der Waals surface area contributed by atoms with Gasteiger partial charge in [-0.05, 0) is 43.8 Å². The Morgan fingerprint density at radius 1 is 1.17 bits per heavy atom. The molecular formula is C20H25N3O. The van der Waals surface area contributed by atoms with E-state index in [2.05, 4.69) is 65.0 Å². The van der Waals surface area contributed by atoms with E-state index in [0.717, 1.165) is 18.8 Å². The Morgan fingerprint density at radius 2 is 2.04 bits per heavy atom. The molecule has 0 spiro atoms. The van der Waals surface area contributed by atoms with Crippen molar-refractivity contribution in [1.82, 2.24) is 14.5 Å². The fraction of sp³-hybridized carbons (Fsp3) is 0.350. The van der Waals surface area contributed by atoms with Crippen molar-refractivity contribution in [1.29, 1.82) is 0 Å². The van der Waals surface area contributed by atoms with Crippen molar-refractivity contribution in [3.8, 4) is 0 Å². The number of benzene rings is 1. The molecular weight excluding hydrogens is 298 g/mol. The van der Waals surface area contributed by atoms with Crippen molar-refractivity contribution in [3.05, 3.63) is 66.1 Å². The molecule has 4 nitrogen and oxygen atoms in total. The first-order valence-electron chi connectivity index (χ1n) is 8.41. The molecule has 0 saturated heterocycles. The predicted molar refractivity (Wildman–Crippen MR) is 97.9 cm³/mol. The molecule has 0 aliphatic carbocycles. The van der Waals surface area contributed by atoms with Gasteiger partial charge in [0.15, 0.2) is 0 Å². The second kappa shape index (κ2) is 7.60. The van der Waals surface area contributed by atoms with Gasteiger partial charge in [-0.15, -0.1) is 0 Å². The van der Waals surface area contributed by atoms with Gasteiger partial charge in [0, 0.05) is 43.5 Å². The summed E-state index contributed by atoms with van der Waals surface area (Å²) in [7, 11) is 3.87. The Labute approximate surface area is 143 Å². The van der Waals surface area contributed by atoms with E-state index in [1.54, 1.807) is 7.11 Å². The maximum atomic E-state index is 5.44. The SMILES string of the molecule is CCn1ccc2c(CN(C)C(COC)c3ccccn3)cccc21. The third-order valence-corrected chi connectivity index (χ3v) is 4.55. The number of aryl methyl sites for hydroxylation is 1. The molecule has 2 heterocycles. The van der Waals surface area contributed by atoms with Crippen LogP contribution in [0.1, 0.15) is 24.2 Å². The van der Waals surface area contributed by atoms with E-state index in [0.29, 0.717) is 6.61 Å². The highest BCUT2D eigenvalue weighted by Gasteiger charge is 2.19. The van der Waals surface area contributed by atoms with E-state index < -0.39 is 0 Å². The number of hydrogen-bond donors (Lipinski definition) is 0. The van der Waals surface area contributed by atoms with Crippen LogP contribution in [0.5, 0.6) is 0 Å². The molecule has 24 heavy (non-hydrogen) atoms. The van der Waals surface area contributed by atoms with E-state index in [1.165, 1.54) is 16.5 Å². The van der Waals surface area contributed by atoms with Gasteiger partial charge in [0.2, 0.25) is 0 Å². The van der Waals surface area contributed by atoms with Crippen molar-refractivity contribution in [3.63, 3.8) is 0 Å². The molecule has 0 aliphatic rings. The Balaban J connectivity index is 1.87. The highest BCUT2D eigenvalue weighted by Crippen LogP contribution is 2.25. The van der Waals surface area contributed by atoms with Crippen LogP contribution in [0.2, 0.25) is 0 Å². The summed E-state index contributed by atoms with van der Waals surface area (Å²) in [6, 6.07) is 14.9. The Morgan fingerprint density at radius 3 is 2.75 bits per heavy atom. The first kappa shape index (κ1) is 16.7. The van der Waals surface area contributed by atoms with Crippen LogP contribution >= 0.6 is 0 Å². The lowest BCUT2D eigenvalue weighted by Crippen LogP contribution is -2.28. The average Bonchev–Trinajstić information content (AvgIpc) is 3.04. The maximum Gasteiger partial charge on any atom is 0.0757 e. The number of ether oxygens (including phenoxy) is 1. The highest BCUT2D eigenvalue weighted by molar-refractivity contribution is 5.83. The summed E-state index contributed by atoms with van der Waals surface area (Å²) >= 11 is 0. The molecule has 0 aliphatic heterocycles. The molecule has 3 rings (SSSR count). The largest absolute Gasteiger partial charge is 0.383 e. The Kier molecular flexibility index (Phi) is 5.28. The topological polar surface area (TPSA) is 30.3 Å². The minimum atomic E-state index is 0.139. The summed E-state index contributed by atoms with van der Waals surface area (Å²) in [6.07, 6.45) is 4.01. The third kappa shape index (κ3) is 3.35. The van der Waals surface area contributed by atoms with Gasteiger partial charge in [-0.1, -0.05) is 18.2 Å². The molecule has 1 atom stereocenters. The number of methoxy groups -OCH3 is 1. The first-order valence-corrected chi connectivity index (χ1v) is 8.41. The van der Waals surface area contributed by atoms with Gasteiger partial charge in [-0.2, -0.15) is 0 Å². The second-order valence-corrected chi connectivity index (χ2v) is 6.09. The standard InChI is InChI=1S/C20H25N3O/c1-4-23-13-11-17-16(8-7-10-19(17)23)14-22(2)20(15-24-3)18-9-5-6-12-21-18/h5-13,20H,4,14-15H2,1-3H3. The number of fused-ring (bicyclic) bond motifs is 1. The summed E-state index contributed by atoms with van der Waals surface area (Å²) < 4.78 is 7.72. The lowest BCUT2D eigenvalue weighted by atomic mass is 10.1. The Bertz CT molecular complexity index is 782. The molecule has 0 radical (unpaired) electrons. The summed E-state index contributed by atoms with van der Waals surface area (Å²) in [6.45, 7) is 4.64. The number of nitrogens with zero attached hydrogens (tertiary/aromatic N) is 3. The zero-order chi connectivity index (χ0) is 16.9. The van der Waals surface area contributed by atoms with E-state index in [9.17, 15) is 0 Å². The monoisotopic (exact) mass is 323 g/mol. The number of likely N-dealkylation sites (N-methyl/N-ethyl adjacent to an activating group) is 1. The summed E-state index contributed by atoms with van der Waals surface area (Å²) in [5.74, 6) is 0. The summed E-state index contributed by atoms with van der Waals surface area (Å²) in [5.41, 5.74) is 3.67. The lowest BCUT2D eigenvalue weighted by molar-refractivity contribution is 0.100. The van der Waals surface area contributed by atoms with Gasteiger partial charge < -0.3 is 9.30 Å². The molecule has 0 N–H and O–H groups in total. The van der Waals surface area contributed by atoms with E-state index in [1.807, 2.05) is 18.3 Å². The highest BCUT2D eigenvalue weighted by atomic mass is 16.5. The molecule has 126 valence electrons.